The molecule has 2 aromatic carbocycles. The summed E-state index contributed by atoms with van der Waals surface area (Å²) in [5, 5.41) is 30.2. The van der Waals surface area contributed by atoms with Crippen molar-refractivity contribution in [3.8, 4) is 11.5 Å². The van der Waals surface area contributed by atoms with Gasteiger partial charge in [-0.25, -0.2) is 0 Å². The molecule has 2 aliphatic heterocycles. The highest BCUT2D eigenvalue weighted by atomic mass is 16.6. The fourth-order valence-electron chi connectivity index (χ4n) is 9.74. The van der Waals surface area contributed by atoms with E-state index in [4.69, 9.17) is 9.47 Å². The first kappa shape index (κ1) is 44.6. The van der Waals surface area contributed by atoms with E-state index in [1.54, 1.807) is 0 Å². The second-order valence-corrected chi connectivity index (χ2v) is 21.0. The molecule has 0 amide bonds. The van der Waals surface area contributed by atoms with Crippen LogP contribution >= 0.6 is 0 Å². The summed E-state index contributed by atoms with van der Waals surface area (Å²) in [6.45, 7) is 33.2. The second-order valence-electron chi connectivity index (χ2n) is 21.0. The molecule has 8 heteroatoms. The number of carbonyl (C=O) groups excluding carboxylic acids is 2. The lowest BCUT2D eigenvalue weighted by Gasteiger charge is -2.47. The van der Waals surface area contributed by atoms with E-state index in [2.05, 4.69) is 66.0 Å². The summed E-state index contributed by atoms with van der Waals surface area (Å²) in [6.07, 6.45) is 1.54. The first-order valence-electron chi connectivity index (χ1n) is 20.8. The lowest BCUT2D eigenvalue weighted by Crippen LogP contribution is -2.61. The highest BCUT2D eigenvalue weighted by Gasteiger charge is 2.53. The monoisotopic (exact) mass is 763 g/mol. The summed E-state index contributed by atoms with van der Waals surface area (Å²) in [6, 6.07) is 7.80. The molecule has 0 bridgehead atoms. The zero-order valence-electron chi connectivity index (χ0n) is 37.0. The first-order chi connectivity index (χ1) is 25.1. The molecule has 308 valence electrons. The molecule has 2 heterocycles. The smallest absolute Gasteiger partial charge is 0.324 e. The summed E-state index contributed by atoms with van der Waals surface area (Å²) in [5.74, 6) is -0.675. The minimum atomic E-state index is -1.78. The molecule has 4 rings (SSSR count). The number of hydrogen-bond acceptors (Lipinski definition) is 8. The average Bonchev–Trinajstić information content (AvgIpc) is 2.98. The third-order valence-corrected chi connectivity index (χ3v) is 11.6. The van der Waals surface area contributed by atoms with Crippen molar-refractivity contribution >= 4 is 11.9 Å². The molecule has 0 saturated carbocycles. The number of nitrogens with one attached hydrogen (secondary N) is 2. The van der Waals surface area contributed by atoms with Gasteiger partial charge in [-0.05, 0) is 125 Å². The van der Waals surface area contributed by atoms with Crippen molar-refractivity contribution in [1.29, 1.82) is 0 Å². The molecule has 2 aromatic rings. The number of aromatic hydroxyl groups is 2. The Hall–Kier alpha value is -3.10. The third kappa shape index (κ3) is 10.7. The highest BCUT2D eigenvalue weighted by Crippen LogP contribution is 2.43. The predicted molar refractivity (Wildman–Crippen MR) is 223 cm³/mol. The van der Waals surface area contributed by atoms with Crippen molar-refractivity contribution in [3.05, 3.63) is 57.6 Å². The number of ether oxygens (including phenoxy) is 2. The van der Waals surface area contributed by atoms with Crippen LogP contribution in [0, 0.1) is 5.41 Å². The molecule has 2 saturated heterocycles. The van der Waals surface area contributed by atoms with Gasteiger partial charge in [0, 0.05) is 47.8 Å². The van der Waals surface area contributed by atoms with E-state index in [-0.39, 0.29) is 70.2 Å². The number of rotatable bonds is 12. The number of benzene rings is 2. The molecular formula is C47H74N2O6. The fraction of sp³-hybridized carbons (Fsp3) is 0.702. The molecule has 0 aliphatic carbocycles. The van der Waals surface area contributed by atoms with Gasteiger partial charge in [0.15, 0.2) is 5.41 Å². The highest BCUT2D eigenvalue weighted by molar-refractivity contribution is 6.01. The molecule has 8 nitrogen and oxygen atoms in total. The van der Waals surface area contributed by atoms with Crippen LogP contribution in [0.25, 0.3) is 0 Å². The summed E-state index contributed by atoms with van der Waals surface area (Å²) in [5.41, 5.74) is 1.65. The first-order valence-corrected chi connectivity index (χ1v) is 20.8. The van der Waals surface area contributed by atoms with Gasteiger partial charge >= 0.3 is 11.9 Å². The van der Waals surface area contributed by atoms with Crippen LogP contribution in [-0.4, -0.2) is 56.5 Å². The molecule has 0 atom stereocenters. The van der Waals surface area contributed by atoms with Gasteiger partial charge in [0.1, 0.15) is 23.7 Å². The quantitative estimate of drug-likeness (QED) is 0.125. The SMILES string of the molecule is CC(C)c1cc(CC(Cc2cc(C(C)C)c(O)c(C(C)C)c2)(C(=O)OC2CC(C)(C)NC(C)(C)C2)C(=O)OC2CC(C)(C)NC(C)(C)C2)cc(C(C)C)c1O. The standard InChI is InChI=1S/C47H74N2O6/c1-27(2)35-17-31(18-36(28(3)4)39(35)50)21-47(41(52)54-33-23-43(9,10)48-44(11,12)24-33,42(53)55-34-25-45(13,14)49-46(15,16)26-34)22-32-19-37(29(5)6)40(51)38(20-32)30(7)8/h17-20,27-30,33-34,48-51H,21-26H2,1-16H3. The van der Waals surface area contributed by atoms with Gasteiger partial charge in [0.05, 0.1) is 0 Å². The van der Waals surface area contributed by atoms with Crippen LogP contribution < -0.4 is 10.6 Å². The average molecular weight is 763 g/mol. The van der Waals surface area contributed by atoms with Crippen LogP contribution in [0.5, 0.6) is 11.5 Å². The molecule has 0 aromatic heterocycles. The molecule has 55 heavy (non-hydrogen) atoms. The topological polar surface area (TPSA) is 117 Å². The van der Waals surface area contributed by atoms with Crippen LogP contribution in [0.1, 0.15) is 194 Å². The minimum absolute atomic E-state index is 0.00320. The van der Waals surface area contributed by atoms with E-state index in [0.29, 0.717) is 25.7 Å². The normalized spacial score (nSPS) is 20.0. The van der Waals surface area contributed by atoms with Crippen LogP contribution in [-0.2, 0) is 31.9 Å². The maximum atomic E-state index is 15.5. The maximum Gasteiger partial charge on any atom is 0.324 e. The summed E-state index contributed by atoms with van der Waals surface area (Å²) in [4.78, 5) is 30.9. The fourth-order valence-corrected chi connectivity index (χ4v) is 9.74. The Bertz CT molecular complexity index is 1500. The van der Waals surface area contributed by atoms with E-state index >= 15 is 9.59 Å². The largest absolute Gasteiger partial charge is 0.507 e. The van der Waals surface area contributed by atoms with E-state index in [1.165, 1.54) is 0 Å². The number of phenols is 2. The number of hydrogen-bond donors (Lipinski definition) is 4. The van der Waals surface area contributed by atoms with Gasteiger partial charge in [-0.1, -0.05) is 79.7 Å². The van der Waals surface area contributed by atoms with Crippen LogP contribution in [0.4, 0.5) is 0 Å². The van der Waals surface area contributed by atoms with Crippen LogP contribution in [0.2, 0.25) is 0 Å². The Morgan fingerprint density at radius 1 is 0.564 bits per heavy atom. The van der Waals surface area contributed by atoms with Gasteiger partial charge in [-0.15, -0.1) is 0 Å². The van der Waals surface area contributed by atoms with Gasteiger partial charge in [0.25, 0.3) is 0 Å². The summed E-state index contributed by atoms with van der Waals surface area (Å²) < 4.78 is 13.3. The van der Waals surface area contributed by atoms with Crippen molar-refractivity contribution in [3.63, 3.8) is 0 Å². The lowest BCUT2D eigenvalue weighted by atomic mass is 9.73. The van der Waals surface area contributed by atoms with Gasteiger partial charge in [0.2, 0.25) is 0 Å². The molecule has 4 N–H and O–H groups in total. The number of carbonyl (C=O) groups is 2. The number of piperidine rings is 2. The summed E-state index contributed by atoms with van der Waals surface area (Å²) >= 11 is 0. The molecule has 0 radical (unpaired) electrons. The van der Waals surface area contributed by atoms with E-state index in [9.17, 15) is 10.2 Å². The maximum absolute atomic E-state index is 15.5. The van der Waals surface area contributed by atoms with E-state index in [0.717, 1.165) is 33.4 Å². The lowest BCUT2D eigenvalue weighted by molar-refractivity contribution is -0.183. The van der Waals surface area contributed by atoms with Gasteiger partial charge in [-0.3, -0.25) is 9.59 Å². The van der Waals surface area contributed by atoms with Gasteiger partial charge < -0.3 is 30.3 Å². The van der Waals surface area contributed by atoms with Crippen LogP contribution in [0.15, 0.2) is 24.3 Å². The van der Waals surface area contributed by atoms with Gasteiger partial charge in [-0.2, -0.15) is 0 Å². The Morgan fingerprint density at radius 3 is 1.02 bits per heavy atom. The van der Waals surface area contributed by atoms with Crippen molar-refractivity contribution in [1.82, 2.24) is 10.6 Å². The van der Waals surface area contributed by atoms with E-state index in [1.807, 2.05) is 79.7 Å². The Morgan fingerprint density at radius 2 is 0.800 bits per heavy atom. The molecule has 0 spiro atoms. The molecule has 2 fully saturated rings. The third-order valence-electron chi connectivity index (χ3n) is 11.6. The number of phenolic OH excluding ortho intramolecular Hbond substituents is 2. The molecule has 2 aliphatic rings. The zero-order chi connectivity index (χ0) is 41.6. The molecule has 0 unspecified atom stereocenters. The Labute approximate surface area is 332 Å². The Kier molecular flexibility index (Phi) is 13.0. The number of esters is 2. The minimum Gasteiger partial charge on any atom is -0.507 e. The van der Waals surface area contributed by atoms with Crippen molar-refractivity contribution in [2.75, 3.05) is 0 Å². The van der Waals surface area contributed by atoms with Crippen molar-refractivity contribution in [2.45, 2.75) is 207 Å². The molecular weight excluding hydrogens is 689 g/mol. The van der Waals surface area contributed by atoms with Crippen molar-refractivity contribution < 1.29 is 29.3 Å². The van der Waals surface area contributed by atoms with Crippen LogP contribution in [0.3, 0.4) is 0 Å². The second kappa shape index (κ2) is 16.0. The zero-order valence-corrected chi connectivity index (χ0v) is 37.0. The van der Waals surface area contributed by atoms with E-state index < -0.39 is 29.6 Å². The van der Waals surface area contributed by atoms with Crippen molar-refractivity contribution in [2.24, 2.45) is 5.41 Å². The Balaban J connectivity index is 2.00. The summed E-state index contributed by atoms with van der Waals surface area (Å²) in [7, 11) is 0. The predicted octanol–water partition coefficient (Wildman–Crippen LogP) is 10.1.